The van der Waals surface area contributed by atoms with Crippen LogP contribution in [0.3, 0.4) is 0 Å². The molecule has 3 rings (SSSR count). The van der Waals surface area contributed by atoms with Gasteiger partial charge < -0.3 is 18.6 Å². The monoisotopic (exact) mass is 410 g/mol. The zero-order valence-electron chi connectivity index (χ0n) is 17.9. The fourth-order valence-corrected chi connectivity index (χ4v) is 3.32. The minimum absolute atomic E-state index is 0.0376. The SMILES string of the molecule is CCOC(=O)c1oc2ccc(/C(C)=C/C(=O)N(CC)CC)cc2c1-c1cc(C)on1. The summed E-state index contributed by atoms with van der Waals surface area (Å²) in [4.78, 5) is 26.7. The standard InChI is InChI=1S/C23H26N2O5/c1-6-25(7-2)20(26)11-14(4)16-9-10-19-17(13-16)21(18-12-15(5)30-24-18)22(29-19)23(27)28-8-3/h9-13H,6-8H2,1-5H3/b14-11+. The molecule has 7 heteroatoms. The Bertz CT molecular complexity index is 1100. The summed E-state index contributed by atoms with van der Waals surface area (Å²) in [6.45, 7) is 10.8. The summed E-state index contributed by atoms with van der Waals surface area (Å²) in [5.74, 6) is 0.101. The summed E-state index contributed by atoms with van der Waals surface area (Å²) in [5, 5.41) is 4.76. The molecule has 0 unspecified atom stereocenters. The van der Waals surface area contributed by atoms with Crippen molar-refractivity contribution < 1.29 is 23.3 Å². The fourth-order valence-electron chi connectivity index (χ4n) is 3.32. The second-order valence-electron chi connectivity index (χ2n) is 6.90. The molecule has 0 spiro atoms. The molecule has 0 aliphatic carbocycles. The van der Waals surface area contributed by atoms with Gasteiger partial charge in [-0.05, 0) is 57.9 Å². The molecule has 30 heavy (non-hydrogen) atoms. The summed E-state index contributed by atoms with van der Waals surface area (Å²) < 4.78 is 16.2. The summed E-state index contributed by atoms with van der Waals surface area (Å²) >= 11 is 0. The Kier molecular flexibility index (Phi) is 6.40. The average Bonchev–Trinajstić information content (AvgIpc) is 3.31. The molecule has 0 saturated heterocycles. The van der Waals surface area contributed by atoms with Crippen LogP contribution < -0.4 is 0 Å². The molecule has 2 aromatic heterocycles. The second kappa shape index (κ2) is 8.98. The van der Waals surface area contributed by atoms with Gasteiger partial charge in [-0.1, -0.05) is 11.2 Å². The number of hydrogen-bond acceptors (Lipinski definition) is 6. The number of aryl methyl sites for hydroxylation is 1. The maximum atomic E-state index is 12.5. The van der Waals surface area contributed by atoms with E-state index in [1.54, 1.807) is 37.0 Å². The van der Waals surface area contributed by atoms with Crippen molar-refractivity contribution in [1.82, 2.24) is 10.1 Å². The minimum atomic E-state index is -0.560. The number of furan rings is 1. The van der Waals surface area contributed by atoms with Gasteiger partial charge in [0, 0.05) is 30.6 Å². The van der Waals surface area contributed by atoms with Gasteiger partial charge >= 0.3 is 5.97 Å². The molecule has 2 heterocycles. The normalized spacial score (nSPS) is 11.7. The Balaban J connectivity index is 2.13. The number of carbonyl (C=O) groups is 2. The van der Waals surface area contributed by atoms with Gasteiger partial charge in [-0.2, -0.15) is 0 Å². The van der Waals surface area contributed by atoms with Gasteiger partial charge in [0.1, 0.15) is 17.0 Å². The third kappa shape index (κ3) is 4.15. The van der Waals surface area contributed by atoms with Crippen LogP contribution in [0.25, 0.3) is 27.8 Å². The maximum Gasteiger partial charge on any atom is 0.374 e. The minimum Gasteiger partial charge on any atom is -0.460 e. The predicted molar refractivity (Wildman–Crippen MR) is 114 cm³/mol. The van der Waals surface area contributed by atoms with E-state index in [9.17, 15) is 9.59 Å². The third-order valence-electron chi connectivity index (χ3n) is 4.90. The predicted octanol–water partition coefficient (Wildman–Crippen LogP) is 4.84. The third-order valence-corrected chi connectivity index (χ3v) is 4.90. The average molecular weight is 410 g/mol. The first kappa shape index (κ1) is 21.4. The fraction of sp³-hybridized carbons (Fsp3) is 0.348. The van der Waals surface area contributed by atoms with Crippen LogP contribution in [-0.2, 0) is 9.53 Å². The molecule has 0 bridgehead atoms. The second-order valence-corrected chi connectivity index (χ2v) is 6.90. The molecule has 0 radical (unpaired) electrons. The number of carbonyl (C=O) groups excluding carboxylic acids is 2. The lowest BCUT2D eigenvalue weighted by atomic mass is 10.0. The van der Waals surface area contributed by atoms with Crippen molar-refractivity contribution in [2.24, 2.45) is 0 Å². The number of fused-ring (bicyclic) bond motifs is 1. The van der Waals surface area contributed by atoms with Crippen LogP contribution in [0.4, 0.5) is 0 Å². The highest BCUT2D eigenvalue weighted by Crippen LogP contribution is 2.36. The van der Waals surface area contributed by atoms with E-state index in [2.05, 4.69) is 5.16 Å². The van der Waals surface area contributed by atoms with Gasteiger partial charge in [0.15, 0.2) is 0 Å². The molecule has 0 N–H and O–H groups in total. The van der Waals surface area contributed by atoms with Crippen LogP contribution in [0.15, 0.2) is 39.3 Å². The number of esters is 1. The van der Waals surface area contributed by atoms with Gasteiger partial charge in [0.2, 0.25) is 11.7 Å². The van der Waals surface area contributed by atoms with Crippen LogP contribution in [0.5, 0.6) is 0 Å². The molecular formula is C23H26N2O5. The highest BCUT2D eigenvalue weighted by molar-refractivity contribution is 6.06. The molecule has 0 aliphatic rings. The highest BCUT2D eigenvalue weighted by Gasteiger charge is 2.25. The van der Waals surface area contributed by atoms with Crippen LogP contribution in [0.2, 0.25) is 0 Å². The molecule has 0 atom stereocenters. The molecule has 0 aliphatic heterocycles. The Morgan fingerprint density at radius 1 is 1.17 bits per heavy atom. The Labute approximate surface area is 175 Å². The van der Waals surface area contributed by atoms with Gasteiger partial charge in [-0.25, -0.2) is 4.79 Å². The number of amides is 1. The van der Waals surface area contributed by atoms with Crippen molar-refractivity contribution in [3.8, 4) is 11.3 Å². The molecule has 1 aromatic carbocycles. The number of hydrogen-bond donors (Lipinski definition) is 0. The molecule has 158 valence electrons. The quantitative estimate of drug-likeness (QED) is 0.409. The molecule has 0 saturated carbocycles. The van der Waals surface area contributed by atoms with E-state index in [0.29, 0.717) is 41.1 Å². The Morgan fingerprint density at radius 2 is 1.90 bits per heavy atom. The number of aromatic nitrogens is 1. The summed E-state index contributed by atoms with van der Waals surface area (Å²) in [6.07, 6.45) is 1.63. The molecule has 1 amide bonds. The van der Waals surface area contributed by atoms with Crippen molar-refractivity contribution in [2.75, 3.05) is 19.7 Å². The van der Waals surface area contributed by atoms with Crippen molar-refractivity contribution >= 4 is 28.4 Å². The van der Waals surface area contributed by atoms with Gasteiger partial charge in [-0.3, -0.25) is 4.79 Å². The molecular weight excluding hydrogens is 384 g/mol. The Hall–Kier alpha value is -3.35. The first-order valence-corrected chi connectivity index (χ1v) is 10.0. The number of nitrogens with zero attached hydrogens (tertiary/aromatic N) is 2. The van der Waals surface area contributed by atoms with Gasteiger partial charge in [-0.15, -0.1) is 0 Å². The summed E-state index contributed by atoms with van der Waals surface area (Å²) in [5.41, 5.74) is 3.20. The number of benzene rings is 1. The number of rotatable bonds is 7. The van der Waals surface area contributed by atoms with Crippen LogP contribution >= 0.6 is 0 Å². The summed E-state index contributed by atoms with van der Waals surface area (Å²) in [7, 11) is 0. The van der Waals surface area contributed by atoms with Crippen LogP contribution in [0, 0.1) is 6.92 Å². The maximum absolute atomic E-state index is 12.5. The lowest BCUT2D eigenvalue weighted by Crippen LogP contribution is -2.28. The van der Waals surface area contributed by atoms with E-state index < -0.39 is 5.97 Å². The lowest BCUT2D eigenvalue weighted by molar-refractivity contribution is -0.125. The smallest absolute Gasteiger partial charge is 0.374 e. The van der Waals surface area contributed by atoms with Crippen LogP contribution in [-0.4, -0.2) is 41.6 Å². The van der Waals surface area contributed by atoms with Crippen molar-refractivity contribution in [1.29, 1.82) is 0 Å². The van der Waals surface area contributed by atoms with Crippen molar-refractivity contribution in [3.05, 3.63) is 47.4 Å². The number of allylic oxidation sites excluding steroid dienone is 1. The van der Waals surface area contributed by atoms with Crippen LogP contribution in [0.1, 0.15) is 49.6 Å². The first-order chi connectivity index (χ1) is 14.4. The van der Waals surface area contributed by atoms with E-state index in [1.165, 1.54) is 0 Å². The lowest BCUT2D eigenvalue weighted by Gasteiger charge is -2.16. The van der Waals surface area contributed by atoms with E-state index in [-0.39, 0.29) is 18.3 Å². The molecule has 7 nitrogen and oxygen atoms in total. The molecule has 0 fully saturated rings. The first-order valence-electron chi connectivity index (χ1n) is 10.0. The zero-order valence-corrected chi connectivity index (χ0v) is 17.9. The van der Waals surface area contributed by atoms with E-state index >= 15 is 0 Å². The Morgan fingerprint density at radius 3 is 2.50 bits per heavy atom. The zero-order chi connectivity index (χ0) is 21.8. The number of ether oxygens (including phenoxy) is 1. The van der Waals surface area contributed by atoms with Gasteiger partial charge in [0.05, 0.1) is 12.2 Å². The topological polar surface area (TPSA) is 85.8 Å². The number of likely N-dealkylation sites (N-methyl/N-ethyl adjacent to an activating group) is 1. The van der Waals surface area contributed by atoms with E-state index in [1.807, 2.05) is 32.9 Å². The van der Waals surface area contributed by atoms with Crippen molar-refractivity contribution in [2.45, 2.75) is 34.6 Å². The largest absolute Gasteiger partial charge is 0.460 e. The molecule has 3 aromatic rings. The highest BCUT2D eigenvalue weighted by atomic mass is 16.5. The van der Waals surface area contributed by atoms with Gasteiger partial charge in [0.25, 0.3) is 0 Å². The van der Waals surface area contributed by atoms with E-state index in [0.717, 1.165) is 11.1 Å². The van der Waals surface area contributed by atoms with Crippen molar-refractivity contribution in [3.63, 3.8) is 0 Å². The summed E-state index contributed by atoms with van der Waals surface area (Å²) in [6, 6.07) is 7.28. The van der Waals surface area contributed by atoms with E-state index in [4.69, 9.17) is 13.7 Å².